The summed E-state index contributed by atoms with van der Waals surface area (Å²) in [6, 6.07) is 9.97. The molecule has 0 aliphatic heterocycles. The first-order valence-corrected chi connectivity index (χ1v) is 21.1. The third-order valence-corrected chi connectivity index (χ3v) is 11.2. The Hall–Kier alpha value is -3.42. The molecule has 0 bridgehead atoms. The van der Waals surface area contributed by atoms with E-state index in [-0.39, 0.29) is 74.7 Å². The summed E-state index contributed by atoms with van der Waals surface area (Å²) in [5, 5.41) is 0.525. The van der Waals surface area contributed by atoms with Gasteiger partial charge >= 0.3 is 29.6 Å². The Kier molecular flexibility index (Phi) is 16.2. The monoisotopic (exact) mass is 926 g/mol. The van der Waals surface area contributed by atoms with Crippen molar-refractivity contribution in [2.24, 2.45) is 0 Å². The maximum atomic E-state index is 13.7. The van der Waals surface area contributed by atoms with Crippen molar-refractivity contribution in [2.75, 3.05) is 22.0 Å². The Balaban J connectivity index is 0.000000337. The number of benzene rings is 4. The van der Waals surface area contributed by atoms with E-state index < -0.39 is 87.2 Å². The van der Waals surface area contributed by atoms with Crippen molar-refractivity contribution >= 4 is 90.1 Å². The van der Waals surface area contributed by atoms with Gasteiger partial charge < -0.3 is 14.5 Å². The van der Waals surface area contributed by atoms with Gasteiger partial charge in [0, 0.05) is 69.2 Å². The van der Waals surface area contributed by atoms with Gasteiger partial charge in [-0.3, -0.25) is 13.7 Å². The van der Waals surface area contributed by atoms with Crippen molar-refractivity contribution in [2.45, 2.75) is 22.1 Å². The second kappa shape index (κ2) is 18.7. The van der Waals surface area contributed by atoms with Crippen LogP contribution in [-0.2, 0) is 41.0 Å². The molecule has 2 aromatic heterocycles. The third kappa shape index (κ3) is 11.8. The zero-order valence-electron chi connectivity index (χ0n) is 27.5. The average molecular weight is 928 g/mol. The van der Waals surface area contributed by atoms with E-state index in [0.29, 0.717) is 23.0 Å². The smallest absolute Gasteiger partial charge is 0.773 e. The normalized spacial score (nSPS) is 12.0. The predicted molar refractivity (Wildman–Crippen MR) is 193 cm³/mol. The van der Waals surface area contributed by atoms with Crippen molar-refractivity contribution in [3.63, 3.8) is 0 Å². The zero-order valence-corrected chi connectivity index (χ0v) is 34.3. The number of rotatable bonds is 7. The molecule has 0 saturated heterocycles. The zero-order chi connectivity index (χ0) is 39.6. The first kappa shape index (κ1) is 47.7. The van der Waals surface area contributed by atoms with Crippen LogP contribution in [0.1, 0.15) is 7.43 Å². The molecule has 0 aliphatic rings. The number of hydrogen-bond donors (Lipinski definition) is 4. The molecular weight excluding hydrogens is 902 g/mol. The van der Waals surface area contributed by atoms with E-state index in [1.807, 2.05) is 9.44 Å². The number of sulfone groups is 1. The van der Waals surface area contributed by atoms with Gasteiger partial charge in [-0.25, -0.2) is 51.6 Å². The van der Waals surface area contributed by atoms with Crippen LogP contribution in [0.2, 0.25) is 0 Å². The Morgan fingerprint density at radius 3 is 1.40 bits per heavy atom. The number of H-pyrrole nitrogens is 2. The van der Waals surface area contributed by atoms with Crippen molar-refractivity contribution in [1.82, 2.24) is 9.97 Å². The maximum absolute atomic E-state index is 13.7. The van der Waals surface area contributed by atoms with E-state index in [2.05, 4.69) is 25.9 Å². The fourth-order valence-electron chi connectivity index (χ4n) is 4.43. The van der Waals surface area contributed by atoms with Gasteiger partial charge in [0.05, 0.1) is 16.3 Å². The summed E-state index contributed by atoms with van der Waals surface area (Å²) in [5.74, 6) is -8.12. The minimum Gasteiger partial charge on any atom is -0.773 e. The van der Waals surface area contributed by atoms with Gasteiger partial charge in [-0.05, 0) is 30.5 Å². The number of aromatic amines is 2. The molecule has 0 amide bonds. The summed E-state index contributed by atoms with van der Waals surface area (Å²) in [6.07, 6.45) is 4.40. The topological polar surface area (TPSA) is 198 Å². The van der Waals surface area contributed by atoms with Gasteiger partial charge in [0.25, 0.3) is 20.0 Å². The molecule has 4 N–H and O–H groups in total. The van der Waals surface area contributed by atoms with Crippen molar-refractivity contribution in [3.05, 3.63) is 112 Å². The molecule has 4 aromatic carbocycles. The van der Waals surface area contributed by atoms with E-state index in [9.17, 15) is 51.6 Å². The van der Waals surface area contributed by atoms with Gasteiger partial charge in [0.2, 0.25) is 0 Å². The molecule has 6 aromatic rings. The molecule has 1 unspecified atom stereocenters. The summed E-state index contributed by atoms with van der Waals surface area (Å²) in [6.45, 7) is 0. The molecule has 12 nitrogen and oxygen atoms in total. The standard InChI is InChI=1S/C15H11F3N2O4S2.C14H8BrF3N2O2S.CH4O2S.CH4.Na/c1-25(21,22)8-2-3-9-13(4-8)19-7-15(9)26(23,24)20-14-6-11(17)10(16)5-12(14)18;15-7-1-2-8-12(3-7)19-6-14(8)23(21,22)20-13-5-10(17)9(16)4-11(13)18;1-4(2)3;;/h2-7,19-20H,1H3;1-6,19-20H;1H3,(H,2,3);1H4;/q;;;;+1/p-1. The molecule has 1 atom stereocenters. The van der Waals surface area contributed by atoms with Crippen molar-refractivity contribution in [1.29, 1.82) is 0 Å². The minimum absolute atomic E-state index is 0. The number of fused-ring (bicyclic) bond motifs is 2. The van der Waals surface area contributed by atoms with Gasteiger partial charge in [0.1, 0.15) is 21.4 Å². The van der Waals surface area contributed by atoms with Gasteiger partial charge in [-0.15, -0.1) is 0 Å². The number of aromatic nitrogens is 2. The third-order valence-electron chi connectivity index (χ3n) is 6.74. The molecule has 0 spiro atoms. The van der Waals surface area contributed by atoms with Crippen LogP contribution in [0.4, 0.5) is 37.7 Å². The van der Waals surface area contributed by atoms with Crippen LogP contribution < -0.4 is 39.0 Å². The molecule has 292 valence electrons. The Morgan fingerprint density at radius 2 is 1.00 bits per heavy atom. The molecule has 0 aliphatic carbocycles. The Morgan fingerprint density at radius 1 is 0.636 bits per heavy atom. The Bertz CT molecular complexity index is 2730. The SMILES string of the molecule is C.CS(=O)(=O)c1ccc2c(S(=O)(=O)Nc3cc(F)c(F)cc3F)c[nH]c2c1.CS(=O)[O-].O=S(=O)(Nc1cc(F)c(F)cc1F)c1c[nH]c2cc(Br)ccc12.[Na+]. The minimum atomic E-state index is -4.36. The quantitative estimate of drug-likeness (QED) is 0.0796. The molecule has 0 fully saturated rings. The molecule has 55 heavy (non-hydrogen) atoms. The number of nitrogens with one attached hydrogen (secondary N) is 4. The number of hydrogen-bond acceptors (Lipinski definition) is 8. The van der Waals surface area contributed by atoms with E-state index in [4.69, 9.17) is 8.76 Å². The van der Waals surface area contributed by atoms with Crippen LogP contribution in [0.15, 0.2) is 92.2 Å². The largest absolute Gasteiger partial charge is 1.00 e. The molecular formula is C31H26BrF6N4NaO8S4. The van der Waals surface area contributed by atoms with Crippen LogP contribution in [0.3, 0.4) is 0 Å². The van der Waals surface area contributed by atoms with Crippen molar-refractivity contribution < 1.29 is 89.9 Å². The summed E-state index contributed by atoms with van der Waals surface area (Å²) >= 11 is 1.40. The first-order chi connectivity index (χ1) is 24.5. The summed E-state index contributed by atoms with van der Waals surface area (Å²) < 4.78 is 175. The molecule has 6 rings (SSSR count). The van der Waals surface area contributed by atoms with E-state index in [1.165, 1.54) is 24.4 Å². The van der Waals surface area contributed by atoms with Crippen LogP contribution in [0, 0.1) is 34.9 Å². The van der Waals surface area contributed by atoms with E-state index in [0.717, 1.165) is 23.2 Å². The first-order valence-electron chi connectivity index (χ1n) is 13.9. The summed E-state index contributed by atoms with van der Waals surface area (Å²) in [7, 11) is -12.0. The second-order valence-corrected chi connectivity index (χ2v) is 17.6. The molecule has 0 saturated carbocycles. The van der Waals surface area contributed by atoms with Crippen LogP contribution >= 0.6 is 15.9 Å². The predicted octanol–water partition coefficient (Wildman–Crippen LogP) is 4.07. The summed E-state index contributed by atoms with van der Waals surface area (Å²) in [4.78, 5) is 4.93. The fourth-order valence-corrected chi connectivity index (χ4v) is 7.91. The van der Waals surface area contributed by atoms with Crippen LogP contribution in [-0.4, -0.2) is 56.5 Å². The number of sulfonamides is 2. The molecule has 0 radical (unpaired) electrons. The van der Waals surface area contributed by atoms with Crippen LogP contribution in [0.25, 0.3) is 21.8 Å². The number of anilines is 2. The van der Waals surface area contributed by atoms with E-state index in [1.54, 1.807) is 18.2 Å². The summed E-state index contributed by atoms with van der Waals surface area (Å²) in [5.41, 5.74) is -0.661. The van der Waals surface area contributed by atoms with Gasteiger partial charge in [-0.2, -0.15) is 0 Å². The average Bonchev–Trinajstić information content (AvgIpc) is 3.67. The Labute approximate surface area is 343 Å². The molecule has 2 heterocycles. The van der Waals surface area contributed by atoms with Crippen molar-refractivity contribution in [3.8, 4) is 0 Å². The molecule has 24 heteroatoms. The van der Waals surface area contributed by atoms with E-state index >= 15 is 0 Å². The number of halogens is 7. The fraction of sp³-hybridized carbons (Fsp3) is 0.0968. The van der Waals surface area contributed by atoms with Gasteiger partial charge in [0.15, 0.2) is 33.1 Å². The van der Waals surface area contributed by atoms with Gasteiger partial charge in [-0.1, -0.05) is 46.6 Å². The van der Waals surface area contributed by atoms with Crippen LogP contribution in [0.5, 0.6) is 0 Å². The maximum Gasteiger partial charge on any atom is 1.00 e. The second-order valence-electron chi connectivity index (χ2n) is 10.6.